The largest absolute Gasteiger partial charge is 0.265 e. The quantitative estimate of drug-likeness (QED) is 0.848. The van der Waals surface area contributed by atoms with E-state index in [2.05, 4.69) is 25.6 Å². The van der Waals surface area contributed by atoms with E-state index in [4.69, 9.17) is 0 Å². The van der Waals surface area contributed by atoms with Crippen LogP contribution in [-0.4, -0.2) is 18.1 Å². The molecule has 0 aliphatic heterocycles. The number of nitrogens with one attached hydrogen (secondary N) is 1. The third kappa shape index (κ3) is 3.36. The van der Waals surface area contributed by atoms with Gasteiger partial charge in [-0.3, -0.25) is 4.98 Å². The first kappa shape index (κ1) is 11.6. The summed E-state index contributed by atoms with van der Waals surface area (Å²) in [6.07, 6.45) is 3.27. The highest BCUT2D eigenvalue weighted by Crippen LogP contribution is 2.11. The smallest absolute Gasteiger partial charge is 0.222 e. The third-order valence-electron chi connectivity index (χ3n) is 1.71. The molecule has 14 heavy (non-hydrogen) atoms. The molecule has 0 bridgehead atoms. The average Bonchev–Trinajstić information content (AvgIpc) is 2.19. The van der Waals surface area contributed by atoms with Crippen molar-refractivity contribution >= 4 is 26.0 Å². The minimum Gasteiger partial charge on any atom is -0.265 e. The van der Waals surface area contributed by atoms with Crippen LogP contribution in [0.2, 0.25) is 0 Å². The Bertz CT molecular complexity index is 380. The third-order valence-corrected chi connectivity index (χ3v) is 4.51. The van der Waals surface area contributed by atoms with Crippen LogP contribution in [0.4, 0.5) is 0 Å². The van der Waals surface area contributed by atoms with Gasteiger partial charge in [0, 0.05) is 18.4 Å². The van der Waals surface area contributed by atoms with Gasteiger partial charge in [-0.15, -0.1) is 0 Å². The van der Waals surface area contributed by atoms with Crippen LogP contribution in [-0.2, 0) is 10.0 Å². The summed E-state index contributed by atoms with van der Waals surface area (Å²) in [6, 6.07) is 3.32. The Labute approximate surface area is 91.9 Å². The summed E-state index contributed by atoms with van der Waals surface area (Å²) in [5.41, 5.74) is 0.893. The van der Waals surface area contributed by atoms with Crippen LogP contribution in [0.3, 0.4) is 0 Å². The number of hydrogen-bond acceptors (Lipinski definition) is 3. The first-order valence-electron chi connectivity index (χ1n) is 4.01. The highest BCUT2D eigenvalue weighted by atomic mass is 79.9. The molecule has 0 aromatic carbocycles. The molecule has 1 heterocycles. The maximum absolute atomic E-state index is 11.2. The number of aromatic nitrogens is 1. The lowest BCUT2D eigenvalue weighted by molar-refractivity contribution is 0.572. The van der Waals surface area contributed by atoms with Gasteiger partial charge in [0.05, 0.1) is 0 Å². The zero-order valence-corrected chi connectivity index (χ0v) is 10.0. The Morgan fingerprint density at radius 2 is 2.07 bits per heavy atom. The van der Waals surface area contributed by atoms with Crippen molar-refractivity contribution in [2.45, 2.75) is 13.0 Å². The lowest BCUT2D eigenvalue weighted by atomic mass is 10.1. The highest BCUT2D eigenvalue weighted by Gasteiger charge is 2.13. The lowest BCUT2D eigenvalue weighted by Crippen LogP contribution is -2.27. The van der Waals surface area contributed by atoms with Crippen LogP contribution in [0.15, 0.2) is 24.5 Å². The van der Waals surface area contributed by atoms with Gasteiger partial charge in [0.2, 0.25) is 10.0 Å². The van der Waals surface area contributed by atoms with Crippen molar-refractivity contribution in [1.29, 1.82) is 0 Å². The van der Waals surface area contributed by atoms with Gasteiger partial charge in [-0.05, 0) is 24.6 Å². The summed E-state index contributed by atoms with van der Waals surface area (Å²) in [7, 11) is -3.22. The summed E-state index contributed by atoms with van der Waals surface area (Å²) in [6.45, 7) is 1.79. The number of rotatable bonds is 4. The second kappa shape index (κ2) is 4.86. The fraction of sp³-hybridized carbons (Fsp3) is 0.375. The first-order chi connectivity index (χ1) is 6.55. The second-order valence-corrected chi connectivity index (χ2v) is 5.90. The lowest BCUT2D eigenvalue weighted by Gasteiger charge is -2.12. The number of sulfonamides is 1. The molecule has 0 amide bonds. The standard InChI is InChI=1S/C8H11BrN2O2S/c1-7(11-14(12,13)6-9)8-2-4-10-5-3-8/h2-5,7,11H,6H2,1H3/t7-/m0/s1. The van der Waals surface area contributed by atoms with Crippen molar-refractivity contribution < 1.29 is 8.42 Å². The van der Waals surface area contributed by atoms with Crippen LogP contribution in [0.1, 0.15) is 18.5 Å². The SMILES string of the molecule is C[C@H](NS(=O)(=O)CBr)c1ccncc1. The van der Waals surface area contributed by atoms with Crippen molar-refractivity contribution in [1.82, 2.24) is 9.71 Å². The van der Waals surface area contributed by atoms with E-state index in [0.717, 1.165) is 5.56 Å². The van der Waals surface area contributed by atoms with Gasteiger partial charge in [0.15, 0.2) is 0 Å². The molecule has 4 nitrogen and oxygen atoms in total. The molecule has 78 valence electrons. The predicted octanol–water partition coefficient (Wildman–Crippen LogP) is 1.41. The first-order valence-corrected chi connectivity index (χ1v) is 6.78. The molecule has 0 radical (unpaired) electrons. The Balaban J connectivity index is 2.74. The molecule has 1 rings (SSSR count). The highest BCUT2D eigenvalue weighted by molar-refractivity contribution is 9.10. The number of halogens is 1. The summed E-state index contributed by atoms with van der Waals surface area (Å²) >= 11 is 2.91. The van der Waals surface area contributed by atoms with Crippen molar-refractivity contribution in [3.8, 4) is 0 Å². The molecular formula is C8H11BrN2O2S. The van der Waals surface area contributed by atoms with E-state index in [0.29, 0.717) is 0 Å². The Kier molecular flexibility index (Phi) is 4.03. The van der Waals surface area contributed by atoms with Gasteiger partial charge >= 0.3 is 0 Å². The van der Waals surface area contributed by atoms with Gasteiger partial charge in [-0.2, -0.15) is 0 Å². The van der Waals surface area contributed by atoms with Gasteiger partial charge in [0.25, 0.3) is 0 Å². The minimum atomic E-state index is -3.22. The van der Waals surface area contributed by atoms with Gasteiger partial charge in [-0.1, -0.05) is 15.9 Å². The Hall–Kier alpha value is -0.460. The van der Waals surface area contributed by atoms with Gasteiger partial charge in [-0.25, -0.2) is 13.1 Å². The van der Waals surface area contributed by atoms with E-state index in [1.807, 2.05) is 0 Å². The molecule has 0 saturated carbocycles. The molecule has 6 heteroatoms. The van der Waals surface area contributed by atoms with Crippen LogP contribution < -0.4 is 4.72 Å². The molecular weight excluding hydrogens is 268 g/mol. The van der Waals surface area contributed by atoms with E-state index in [-0.39, 0.29) is 10.7 Å². The van der Waals surface area contributed by atoms with E-state index >= 15 is 0 Å². The fourth-order valence-corrected chi connectivity index (χ4v) is 2.16. The number of alkyl halides is 1. The zero-order chi connectivity index (χ0) is 10.6. The molecule has 1 aromatic rings. The molecule has 1 N–H and O–H groups in total. The van der Waals surface area contributed by atoms with Crippen molar-refractivity contribution in [3.63, 3.8) is 0 Å². The maximum atomic E-state index is 11.2. The van der Waals surface area contributed by atoms with Gasteiger partial charge in [0.1, 0.15) is 4.66 Å². The predicted molar refractivity (Wildman–Crippen MR) is 58.5 cm³/mol. The summed E-state index contributed by atoms with van der Waals surface area (Å²) in [4.78, 5) is 3.86. The number of pyridine rings is 1. The maximum Gasteiger partial charge on any atom is 0.222 e. The summed E-state index contributed by atoms with van der Waals surface area (Å²) in [5.74, 6) is 0. The van der Waals surface area contributed by atoms with E-state index in [9.17, 15) is 8.42 Å². The van der Waals surface area contributed by atoms with E-state index in [1.165, 1.54) is 0 Å². The second-order valence-electron chi connectivity index (χ2n) is 2.84. The molecule has 0 spiro atoms. The molecule has 0 unspecified atom stereocenters. The number of nitrogens with zero attached hydrogens (tertiary/aromatic N) is 1. The summed E-state index contributed by atoms with van der Waals surface area (Å²) < 4.78 is 24.9. The molecule has 1 aromatic heterocycles. The van der Waals surface area contributed by atoms with Crippen LogP contribution in [0.5, 0.6) is 0 Å². The van der Waals surface area contributed by atoms with Crippen molar-refractivity contribution in [3.05, 3.63) is 30.1 Å². The molecule has 0 saturated heterocycles. The monoisotopic (exact) mass is 278 g/mol. The minimum absolute atomic E-state index is 0.0879. The molecule has 0 aliphatic rings. The van der Waals surface area contributed by atoms with Crippen molar-refractivity contribution in [2.24, 2.45) is 0 Å². The Morgan fingerprint density at radius 1 is 1.50 bits per heavy atom. The van der Waals surface area contributed by atoms with Crippen molar-refractivity contribution in [2.75, 3.05) is 4.66 Å². The average molecular weight is 279 g/mol. The topological polar surface area (TPSA) is 59.1 Å². The normalized spacial score (nSPS) is 13.9. The molecule has 1 atom stereocenters. The fourth-order valence-electron chi connectivity index (χ4n) is 1.02. The van der Waals surface area contributed by atoms with E-state index in [1.54, 1.807) is 31.5 Å². The van der Waals surface area contributed by atoms with E-state index < -0.39 is 10.0 Å². The zero-order valence-electron chi connectivity index (χ0n) is 7.64. The van der Waals surface area contributed by atoms with Crippen LogP contribution in [0, 0.1) is 0 Å². The van der Waals surface area contributed by atoms with Gasteiger partial charge < -0.3 is 0 Å². The number of hydrogen-bond donors (Lipinski definition) is 1. The van der Waals surface area contributed by atoms with Crippen LogP contribution in [0.25, 0.3) is 0 Å². The Morgan fingerprint density at radius 3 is 2.57 bits per heavy atom. The van der Waals surface area contributed by atoms with Crippen LogP contribution >= 0.6 is 15.9 Å². The molecule has 0 fully saturated rings. The summed E-state index contributed by atoms with van der Waals surface area (Å²) in [5, 5.41) is 0. The molecule has 0 aliphatic carbocycles.